The van der Waals surface area contributed by atoms with Crippen LogP contribution in [-0.4, -0.2) is 69.9 Å². The van der Waals surface area contributed by atoms with E-state index in [-0.39, 0.29) is 17.9 Å². The second-order valence-corrected chi connectivity index (χ2v) is 11.2. The maximum Gasteiger partial charge on any atom is 0.256 e. The van der Waals surface area contributed by atoms with Crippen LogP contribution in [0.4, 0.5) is 4.39 Å². The zero-order chi connectivity index (χ0) is 27.0. The van der Waals surface area contributed by atoms with E-state index >= 15 is 0 Å². The molecule has 0 unspecified atom stereocenters. The van der Waals surface area contributed by atoms with E-state index in [2.05, 4.69) is 28.3 Å². The third-order valence-corrected chi connectivity index (χ3v) is 8.37. The van der Waals surface area contributed by atoms with Crippen LogP contribution in [-0.2, 0) is 11.2 Å². The maximum atomic E-state index is 14.4. The van der Waals surface area contributed by atoms with Gasteiger partial charge in [-0.1, -0.05) is 0 Å². The number of benzene rings is 1. The molecule has 4 heterocycles. The minimum Gasteiger partial charge on any atom is -0.356 e. The van der Waals surface area contributed by atoms with Gasteiger partial charge < -0.3 is 19.7 Å². The van der Waals surface area contributed by atoms with Gasteiger partial charge in [-0.05, 0) is 88.2 Å². The molecule has 1 N–H and O–H groups in total. The number of pyridine rings is 1. The first-order chi connectivity index (χ1) is 18.2. The van der Waals surface area contributed by atoms with Crippen molar-refractivity contribution < 1.29 is 14.0 Å². The number of nitrogens with one attached hydrogen (secondary N) is 1. The highest BCUT2D eigenvalue weighted by molar-refractivity contribution is 5.99. The number of halogens is 1. The van der Waals surface area contributed by atoms with Crippen molar-refractivity contribution in [2.24, 2.45) is 5.92 Å². The van der Waals surface area contributed by atoms with E-state index in [9.17, 15) is 14.0 Å². The van der Waals surface area contributed by atoms with Crippen LogP contribution < -0.4 is 5.32 Å². The van der Waals surface area contributed by atoms with Gasteiger partial charge in [-0.2, -0.15) is 0 Å². The SMILES string of the molecule is Cc1cncc2c1c(C[C@@H]1CCN([C@H]3CCNC(=O)CC3)C1)cn2-c1ccc(F)cc1C(=O)N(C)C(C)C. The predicted molar refractivity (Wildman–Crippen MR) is 147 cm³/mol. The molecule has 2 atom stereocenters. The van der Waals surface area contributed by atoms with Crippen molar-refractivity contribution in [3.8, 4) is 5.69 Å². The number of fused-ring (bicyclic) bond motifs is 1. The lowest BCUT2D eigenvalue weighted by Gasteiger charge is -2.26. The minimum absolute atomic E-state index is 0.00725. The third kappa shape index (κ3) is 5.19. The molecule has 2 aliphatic heterocycles. The zero-order valence-corrected chi connectivity index (χ0v) is 22.8. The molecule has 1 aromatic carbocycles. The summed E-state index contributed by atoms with van der Waals surface area (Å²) in [6.07, 6.45) is 10.4. The van der Waals surface area contributed by atoms with Crippen molar-refractivity contribution in [3.63, 3.8) is 0 Å². The van der Waals surface area contributed by atoms with Gasteiger partial charge in [-0.15, -0.1) is 0 Å². The van der Waals surface area contributed by atoms with Gasteiger partial charge in [0.2, 0.25) is 5.91 Å². The van der Waals surface area contributed by atoms with Crippen molar-refractivity contribution in [1.29, 1.82) is 0 Å². The predicted octanol–water partition coefficient (Wildman–Crippen LogP) is 4.49. The molecular formula is C30H38FN5O2. The lowest BCUT2D eigenvalue weighted by molar-refractivity contribution is -0.120. The van der Waals surface area contributed by atoms with Crippen molar-refractivity contribution in [3.05, 3.63) is 59.3 Å². The summed E-state index contributed by atoms with van der Waals surface area (Å²) in [5.74, 6) is 0.0383. The normalized spacial score (nSPS) is 20.6. The molecule has 202 valence electrons. The second kappa shape index (κ2) is 10.8. The Balaban J connectivity index is 1.46. The summed E-state index contributed by atoms with van der Waals surface area (Å²) in [5.41, 5.74) is 4.25. The van der Waals surface area contributed by atoms with Crippen LogP contribution in [0.5, 0.6) is 0 Å². The molecule has 2 aromatic heterocycles. The summed E-state index contributed by atoms with van der Waals surface area (Å²) in [6, 6.07) is 4.90. The topological polar surface area (TPSA) is 70.5 Å². The molecule has 2 amide bonds. The van der Waals surface area contributed by atoms with E-state index in [4.69, 9.17) is 0 Å². The van der Waals surface area contributed by atoms with Crippen molar-refractivity contribution in [2.45, 2.75) is 65.0 Å². The molecule has 2 aliphatic rings. The fourth-order valence-electron chi connectivity index (χ4n) is 6.05. The highest BCUT2D eigenvalue weighted by Gasteiger charge is 2.31. The molecule has 0 radical (unpaired) electrons. The van der Waals surface area contributed by atoms with Crippen LogP contribution >= 0.6 is 0 Å². The fraction of sp³-hybridized carbons (Fsp3) is 0.500. The minimum atomic E-state index is -0.429. The number of amides is 2. The summed E-state index contributed by atoms with van der Waals surface area (Å²) in [5, 5.41) is 4.15. The van der Waals surface area contributed by atoms with Crippen LogP contribution in [0.1, 0.15) is 61.0 Å². The van der Waals surface area contributed by atoms with Crippen molar-refractivity contribution in [1.82, 2.24) is 24.7 Å². The molecule has 8 heteroatoms. The molecule has 2 saturated heterocycles. The van der Waals surface area contributed by atoms with E-state index in [0.717, 1.165) is 61.8 Å². The lowest BCUT2D eigenvalue weighted by Crippen LogP contribution is -2.34. The Morgan fingerprint density at radius 2 is 2.05 bits per heavy atom. The number of rotatable bonds is 6. The van der Waals surface area contributed by atoms with Gasteiger partial charge in [-0.25, -0.2) is 4.39 Å². The van der Waals surface area contributed by atoms with Gasteiger partial charge in [0.05, 0.1) is 23.0 Å². The number of hydrogen-bond donors (Lipinski definition) is 1. The average molecular weight is 520 g/mol. The number of likely N-dealkylation sites (tertiary alicyclic amines) is 1. The monoisotopic (exact) mass is 519 g/mol. The molecular weight excluding hydrogens is 481 g/mol. The molecule has 38 heavy (non-hydrogen) atoms. The third-order valence-electron chi connectivity index (χ3n) is 8.37. The van der Waals surface area contributed by atoms with Gasteiger partial charge in [0, 0.05) is 56.4 Å². The van der Waals surface area contributed by atoms with E-state index in [1.807, 2.05) is 30.8 Å². The summed E-state index contributed by atoms with van der Waals surface area (Å²) >= 11 is 0. The Kier molecular flexibility index (Phi) is 7.52. The Bertz CT molecular complexity index is 1350. The van der Waals surface area contributed by atoms with Crippen LogP contribution in [0.15, 0.2) is 36.8 Å². The molecule has 3 aromatic rings. The first-order valence-corrected chi connectivity index (χ1v) is 13.7. The van der Waals surface area contributed by atoms with Gasteiger partial charge in [-0.3, -0.25) is 14.6 Å². The number of carbonyl (C=O) groups is 2. The van der Waals surface area contributed by atoms with Crippen LogP contribution in [0.25, 0.3) is 16.6 Å². The molecule has 0 bridgehead atoms. The summed E-state index contributed by atoms with van der Waals surface area (Å²) in [7, 11) is 1.75. The smallest absolute Gasteiger partial charge is 0.256 e. The number of carbonyl (C=O) groups excluding carboxylic acids is 2. The van der Waals surface area contributed by atoms with Gasteiger partial charge in [0.1, 0.15) is 5.82 Å². The maximum absolute atomic E-state index is 14.4. The number of aryl methyl sites for hydroxylation is 1. The second-order valence-electron chi connectivity index (χ2n) is 11.2. The zero-order valence-electron chi connectivity index (χ0n) is 22.8. The fourth-order valence-corrected chi connectivity index (χ4v) is 6.05. The van der Waals surface area contributed by atoms with Crippen LogP contribution in [0.3, 0.4) is 0 Å². The molecule has 7 nitrogen and oxygen atoms in total. The Morgan fingerprint density at radius 1 is 1.24 bits per heavy atom. The Morgan fingerprint density at radius 3 is 2.84 bits per heavy atom. The van der Waals surface area contributed by atoms with E-state index in [0.29, 0.717) is 29.6 Å². The molecule has 5 rings (SSSR count). The summed E-state index contributed by atoms with van der Waals surface area (Å²) in [4.78, 5) is 33.8. The summed E-state index contributed by atoms with van der Waals surface area (Å²) in [6.45, 7) is 8.80. The average Bonchev–Trinajstić information content (AvgIpc) is 3.44. The largest absolute Gasteiger partial charge is 0.356 e. The number of nitrogens with zero attached hydrogens (tertiary/aromatic N) is 4. The number of aromatic nitrogens is 2. The lowest BCUT2D eigenvalue weighted by atomic mass is 9.97. The highest BCUT2D eigenvalue weighted by Crippen LogP contribution is 2.33. The van der Waals surface area contributed by atoms with Crippen LogP contribution in [0.2, 0.25) is 0 Å². The molecule has 2 fully saturated rings. The highest BCUT2D eigenvalue weighted by atomic mass is 19.1. The van der Waals surface area contributed by atoms with Crippen LogP contribution in [0, 0.1) is 18.7 Å². The van der Waals surface area contributed by atoms with Gasteiger partial charge >= 0.3 is 0 Å². The Hall–Kier alpha value is -3.26. The van der Waals surface area contributed by atoms with E-state index in [1.165, 1.54) is 17.7 Å². The standard InChI is InChI=1S/C30H38FN5O2/c1-19(2)34(4)30(38)25-14-23(31)5-7-26(25)36-18-22(29-20(3)15-32-16-27(29)36)13-21-10-12-35(17-21)24-6-8-28(37)33-11-9-24/h5,7,14-16,18-19,21,24H,6,8-13,17H2,1-4H3,(H,33,37)/t21-,24+/m0/s1. The van der Waals surface area contributed by atoms with Crippen molar-refractivity contribution >= 4 is 22.7 Å². The van der Waals surface area contributed by atoms with Gasteiger partial charge in [0.25, 0.3) is 5.91 Å². The first-order valence-electron chi connectivity index (χ1n) is 13.7. The van der Waals surface area contributed by atoms with E-state index < -0.39 is 5.82 Å². The first kappa shape index (κ1) is 26.4. The van der Waals surface area contributed by atoms with Gasteiger partial charge in [0.15, 0.2) is 0 Å². The molecule has 0 saturated carbocycles. The van der Waals surface area contributed by atoms with Crippen molar-refractivity contribution in [2.75, 3.05) is 26.7 Å². The molecule has 0 aliphatic carbocycles. The number of hydrogen-bond acceptors (Lipinski definition) is 4. The quantitative estimate of drug-likeness (QED) is 0.521. The Labute approximate surface area is 224 Å². The molecule has 0 spiro atoms. The summed E-state index contributed by atoms with van der Waals surface area (Å²) < 4.78 is 16.4. The van der Waals surface area contributed by atoms with E-state index in [1.54, 1.807) is 18.0 Å².